The number of thiocarbonyl (C=S) groups is 1. The van der Waals surface area contributed by atoms with E-state index in [0.717, 1.165) is 49.2 Å². The first-order valence-corrected chi connectivity index (χ1v) is 11.1. The van der Waals surface area contributed by atoms with Gasteiger partial charge in [-0.2, -0.15) is 0 Å². The molecule has 0 aromatic heterocycles. The van der Waals surface area contributed by atoms with E-state index in [1.54, 1.807) is 6.07 Å². The summed E-state index contributed by atoms with van der Waals surface area (Å²) in [6.45, 7) is 4.02. The zero-order chi connectivity index (χ0) is 23.2. The topological polar surface area (TPSA) is 47.6 Å². The molecule has 5 nitrogen and oxygen atoms in total. The van der Waals surface area contributed by atoms with Crippen LogP contribution in [0.15, 0.2) is 72.8 Å². The smallest absolute Gasteiger partial charge is 0.257 e. The van der Waals surface area contributed by atoms with Crippen molar-refractivity contribution in [2.75, 3.05) is 36.4 Å². The van der Waals surface area contributed by atoms with E-state index in [9.17, 15) is 13.6 Å². The van der Waals surface area contributed by atoms with Gasteiger partial charge in [-0.25, -0.2) is 8.78 Å². The Morgan fingerprint density at radius 3 is 2.33 bits per heavy atom. The molecule has 1 aliphatic rings. The van der Waals surface area contributed by atoms with Gasteiger partial charge in [0.05, 0.1) is 0 Å². The zero-order valence-corrected chi connectivity index (χ0v) is 18.7. The van der Waals surface area contributed by atoms with Gasteiger partial charge in [-0.3, -0.25) is 15.0 Å². The minimum absolute atomic E-state index is 0.138. The molecule has 0 atom stereocenters. The lowest BCUT2D eigenvalue weighted by Crippen LogP contribution is -2.46. The van der Waals surface area contributed by atoms with Crippen LogP contribution in [0.2, 0.25) is 0 Å². The highest BCUT2D eigenvalue weighted by molar-refractivity contribution is 7.80. The quantitative estimate of drug-likeness (QED) is 0.546. The third-order valence-corrected chi connectivity index (χ3v) is 5.73. The van der Waals surface area contributed by atoms with E-state index in [4.69, 9.17) is 12.2 Å². The van der Waals surface area contributed by atoms with Gasteiger partial charge in [-0.05, 0) is 60.7 Å². The lowest BCUT2D eigenvalue weighted by molar-refractivity contribution is 0.0977. The number of benzene rings is 3. The van der Waals surface area contributed by atoms with Crippen LogP contribution in [0.1, 0.15) is 15.9 Å². The molecule has 8 heteroatoms. The molecule has 1 aliphatic heterocycles. The monoisotopic (exact) mass is 466 g/mol. The molecule has 3 aromatic rings. The Hall–Kier alpha value is -3.36. The standard InChI is InChI=1S/C25H24F2N4OS/c26-20-6-3-5-18(16-20)24(32)29-25(33)28-21-8-10-22(11-9-21)31-14-12-30(13-15-31)17-19-4-1-2-7-23(19)27/h1-11,16H,12-15,17H2,(H2,28,29,32,33). The molecule has 1 heterocycles. The second kappa shape index (κ2) is 10.5. The molecule has 3 aromatic carbocycles. The molecule has 0 bridgehead atoms. The molecule has 33 heavy (non-hydrogen) atoms. The number of amides is 1. The van der Waals surface area contributed by atoms with Crippen LogP contribution in [0, 0.1) is 11.6 Å². The Morgan fingerprint density at radius 1 is 0.909 bits per heavy atom. The van der Waals surface area contributed by atoms with Crippen LogP contribution < -0.4 is 15.5 Å². The highest BCUT2D eigenvalue weighted by atomic mass is 32.1. The zero-order valence-electron chi connectivity index (χ0n) is 17.9. The minimum atomic E-state index is -0.481. The molecular weight excluding hydrogens is 442 g/mol. The molecule has 0 spiro atoms. The van der Waals surface area contributed by atoms with Crippen LogP contribution in [-0.2, 0) is 6.54 Å². The van der Waals surface area contributed by atoms with E-state index in [2.05, 4.69) is 20.4 Å². The van der Waals surface area contributed by atoms with E-state index in [1.165, 1.54) is 24.3 Å². The Labute approximate surface area is 197 Å². The van der Waals surface area contributed by atoms with Crippen molar-refractivity contribution in [2.45, 2.75) is 6.54 Å². The first kappa shape index (κ1) is 22.8. The lowest BCUT2D eigenvalue weighted by atomic mass is 10.1. The number of hydrogen-bond acceptors (Lipinski definition) is 4. The van der Waals surface area contributed by atoms with Crippen molar-refractivity contribution in [1.82, 2.24) is 10.2 Å². The van der Waals surface area contributed by atoms with Gasteiger partial charge in [0.15, 0.2) is 5.11 Å². The normalized spacial score (nSPS) is 14.1. The summed E-state index contributed by atoms with van der Waals surface area (Å²) in [5.41, 5.74) is 2.74. The Kier molecular flexibility index (Phi) is 7.26. The number of carbonyl (C=O) groups is 1. The van der Waals surface area contributed by atoms with Crippen molar-refractivity contribution in [2.24, 2.45) is 0 Å². The van der Waals surface area contributed by atoms with Crippen LogP contribution >= 0.6 is 12.2 Å². The van der Waals surface area contributed by atoms with Gasteiger partial charge in [0.1, 0.15) is 11.6 Å². The van der Waals surface area contributed by atoms with Gasteiger partial charge in [0, 0.05) is 55.2 Å². The molecule has 0 radical (unpaired) electrons. The molecule has 1 amide bonds. The maximum atomic E-state index is 13.9. The maximum absolute atomic E-state index is 13.9. The van der Waals surface area contributed by atoms with E-state index in [0.29, 0.717) is 6.54 Å². The van der Waals surface area contributed by atoms with Crippen LogP contribution in [0.3, 0.4) is 0 Å². The number of hydrogen-bond donors (Lipinski definition) is 2. The number of rotatable bonds is 5. The summed E-state index contributed by atoms with van der Waals surface area (Å²) in [5.74, 6) is -1.12. The number of halogens is 2. The third kappa shape index (κ3) is 6.12. The van der Waals surface area contributed by atoms with Gasteiger partial charge in [-0.1, -0.05) is 24.3 Å². The number of nitrogens with one attached hydrogen (secondary N) is 2. The molecule has 0 aliphatic carbocycles. The van der Waals surface area contributed by atoms with Crippen LogP contribution in [0.4, 0.5) is 20.2 Å². The Bertz CT molecular complexity index is 1130. The molecule has 2 N–H and O–H groups in total. The van der Waals surface area contributed by atoms with Crippen molar-refractivity contribution >= 4 is 34.6 Å². The number of anilines is 2. The minimum Gasteiger partial charge on any atom is -0.369 e. The molecule has 0 saturated carbocycles. The van der Waals surface area contributed by atoms with Gasteiger partial charge in [0.25, 0.3) is 5.91 Å². The summed E-state index contributed by atoms with van der Waals surface area (Å²) in [6.07, 6.45) is 0. The molecule has 1 fully saturated rings. The Morgan fingerprint density at radius 2 is 1.64 bits per heavy atom. The molecular formula is C25H24F2N4OS. The van der Waals surface area contributed by atoms with Crippen molar-refractivity contribution < 1.29 is 13.6 Å². The highest BCUT2D eigenvalue weighted by Gasteiger charge is 2.18. The number of nitrogens with zero attached hydrogens (tertiary/aromatic N) is 2. The van der Waals surface area contributed by atoms with E-state index in [1.807, 2.05) is 36.4 Å². The van der Waals surface area contributed by atoms with E-state index >= 15 is 0 Å². The van der Waals surface area contributed by atoms with Crippen LogP contribution in [0.5, 0.6) is 0 Å². The van der Waals surface area contributed by atoms with Crippen molar-refractivity contribution in [3.05, 3.63) is 95.6 Å². The molecule has 0 unspecified atom stereocenters. The summed E-state index contributed by atoms with van der Waals surface area (Å²) in [7, 11) is 0. The number of piperazine rings is 1. The average molecular weight is 467 g/mol. The van der Waals surface area contributed by atoms with Gasteiger partial charge < -0.3 is 10.2 Å². The van der Waals surface area contributed by atoms with Gasteiger partial charge >= 0.3 is 0 Å². The number of carbonyl (C=O) groups excluding carboxylic acids is 1. The fourth-order valence-corrected chi connectivity index (χ4v) is 3.97. The SMILES string of the molecule is O=C(NC(=S)Nc1ccc(N2CCN(Cc3ccccc3F)CC2)cc1)c1cccc(F)c1. The first-order valence-electron chi connectivity index (χ1n) is 10.7. The van der Waals surface area contributed by atoms with Crippen LogP contribution in [0.25, 0.3) is 0 Å². The third-order valence-electron chi connectivity index (χ3n) is 5.53. The fourth-order valence-electron chi connectivity index (χ4n) is 3.75. The largest absolute Gasteiger partial charge is 0.369 e. The second-order valence-corrected chi connectivity index (χ2v) is 8.23. The summed E-state index contributed by atoms with van der Waals surface area (Å²) in [6, 6.07) is 20.1. The molecule has 1 saturated heterocycles. The second-order valence-electron chi connectivity index (χ2n) is 7.82. The maximum Gasteiger partial charge on any atom is 0.257 e. The van der Waals surface area contributed by atoms with E-state index in [-0.39, 0.29) is 16.5 Å². The molecule has 4 rings (SSSR count). The predicted octanol–water partition coefficient (Wildman–Crippen LogP) is 4.41. The average Bonchev–Trinajstić information content (AvgIpc) is 2.81. The first-order chi connectivity index (χ1) is 16.0. The van der Waals surface area contributed by atoms with Crippen molar-refractivity contribution in [3.63, 3.8) is 0 Å². The van der Waals surface area contributed by atoms with Crippen molar-refractivity contribution in [3.8, 4) is 0 Å². The molecule has 170 valence electrons. The summed E-state index contributed by atoms with van der Waals surface area (Å²) < 4.78 is 27.2. The van der Waals surface area contributed by atoms with E-state index < -0.39 is 11.7 Å². The summed E-state index contributed by atoms with van der Waals surface area (Å²) >= 11 is 5.20. The van der Waals surface area contributed by atoms with Crippen LogP contribution in [-0.4, -0.2) is 42.1 Å². The summed E-state index contributed by atoms with van der Waals surface area (Å²) in [5, 5.41) is 5.66. The summed E-state index contributed by atoms with van der Waals surface area (Å²) in [4.78, 5) is 16.7. The predicted molar refractivity (Wildman–Crippen MR) is 130 cm³/mol. The highest BCUT2D eigenvalue weighted by Crippen LogP contribution is 2.20. The van der Waals surface area contributed by atoms with Gasteiger partial charge in [-0.15, -0.1) is 0 Å². The Balaban J connectivity index is 1.26. The fraction of sp³-hybridized carbons (Fsp3) is 0.200. The van der Waals surface area contributed by atoms with Gasteiger partial charge in [0.2, 0.25) is 0 Å². The van der Waals surface area contributed by atoms with Crippen molar-refractivity contribution in [1.29, 1.82) is 0 Å². The lowest BCUT2D eigenvalue weighted by Gasteiger charge is -2.36.